The van der Waals surface area contributed by atoms with Gasteiger partial charge in [0.05, 0.1) is 6.04 Å². The summed E-state index contributed by atoms with van der Waals surface area (Å²) in [4.78, 5) is 14.5. The number of aryl methyl sites for hydroxylation is 1. The van der Waals surface area contributed by atoms with Gasteiger partial charge in [-0.25, -0.2) is 0 Å². The zero-order valence-corrected chi connectivity index (χ0v) is 13.6. The highest BCUT2D eigenvalue weighted by atomic mass is 16.2. The van der Waals surface area contributed by atoms with E-state index in [4.69, 9.17) is 5.73 Å². The van der Waals surface area contributed by atoms with Crippen LogP contribution in [0, 0.1) is 6.92 Å². The molecular weight excluding hydrogens is 284 g/mol. The minimum Gasteiger partial charge on any atom is -0.333 e. The molecule has 0 saturated heterocycles. The fourth-order valence-corrected chi connectivity index (χ4v) is 2.57. The summed E-state index contributed by atoms with van der Waals surface area (Å²) >= 11 is 0. The van der Waals surface area contributed by atoms with Gasteiger partial charge in [-0.2, -0.15) is 0 Å². The summed E-state index contributed by atoms with van der Waals surface area (Å²) in [6.07, 6.45) is 2.28. The van der Waals surface area contributed by atoms with Crippen LogP contribution in [0.15, 0.2) is 67.3 Å². The molecule has 120 valence electrons. The third-order valence-corrected chi connectivity index (χ3v) is 3.90. The number of benzene rings is 2. The normalized spacial score (nSPS) is 11.7. The van der Waals surface area contributed by atoms with Crippen LogP contribution in [-0.2, 0) is 17.8 Å². The van der Waals surface area contributed by atoms with Crippen molar-refractivity contribution in [1.82, 2.24) is 4.90 Å². The van der Waals surface area contributed by atoms with Crippen LogP contribution in [0.25, 0.3) is 0 Å². The largest absolute Gasteiger partial charge is 0.333 e. The van der Waals surface area contributed by atoms with Crippen molar-refractivity contribution in [3.63, 3.8) is 0 Å². The summed E-state index contributed by atoms with van der Waals surface area (Å²) < 4.78 is 0. The van der Waals surface area contributed by atoms with Gasteiger partial charge in [0.15, 0.2) is 0 Å². The lowest BCUT2D eigenvalue weighted by atomic mass is 10.0. The van der Waals surface area contributed by atoms with Gasteiger partial charge in [0.25, 0.3) is 0 Å². The Balaban J connectivity index is 2.08. The number of nitrogens with two attached hydrogens (primary N) is 1. The fraction of sp³-hybridized carbons (Fsp3) is 0.250. The van der Waals surface area contributed by atoms with Crippen LogP contribution in [0.1, 0.15) is 16.7 Å². The summed E-state index contributed by atoms with van der Waals surface area (Å²) in [5.74, 6) is -0.0444. The Hall–Kier alpha value is -2.39. The van der Waals surface area contributed by atoms with Gasteiger partial charge in [0.2, 0.25) is 5.91 Å². The number of nitrogens with zero attached hydrogens (tertiary/aromatic N) is 1. The molecule has 23 heavy (non-hydrogen) atoms. The van der Waals surface area contributed by atoms with Gasteiger partial charge in [-0.1, -0.05) is 60.7 Å². The third kappa shape index (κ3) is 4.80. The summed E-state index contributed by atoms with van der Waals surface area (Å²) in [7, 11) is 0. The maximum atomic E-state index is 12.7. The van der Waals surface area contributed by atoms with E-state index in [1.165, 1.54) is 5.56 Å². The minimum absolute atomic E-state index is 0.0444. The molecule has 3 nitrogen and oxygen atoms in total. The maximum Gasteiger partial charge on any atom is 0.240 e. The SMILES string of the molecule is C=CCN(Cc1ccccc1C)C(=O)[C@@H](N)Cc1ccccc1. The molecular formula is C20H24N2O. The van der Waals surface area contributed by atoms with E-state index in [0.29, 0.717) is 19.5 Å². The Morgan fingerprint density at radius 3 is 2.48 bits per heavy atom. The number of amides is 1. The van der Waals surface area contributed by atoms with Gasteiger partial charge in [-0.05, 0) is 30.0 Å². The molecule has 0 radical (unpaired) electrons. The molecule has 0 aliphatic carbocycles. The standard InChI is InChI=1S/C20H24N2O/c1-3-13-22(15-18-12-8-7-9-16(18)2)20(23)19(21)14-17-10-5-4-6-11-17/h3-12,19H,1,13-15,21H2,2H3/t19-/m0/s1. The van der Waals surface area contributed by atoms with Gasteiger partial charge in [0.1, 0.15) is 0 Å². The minimum atomic E-state index is -0.540. The van der Waals surface area contributed by atoms with Crippen molar-refractivity contribution in [2.45, 2.75) is 25.9 Å². The third-order valence-electron chi connectivity index (χ3n) is 3.90. The van der Waals surface area contributed by atoms with Gasteiger partial charge in [-0.3, -0.25) is 4.79 Å². The molecule has 3 heteroatoms. The first kappa shape index (κ1) is 17.0. The van der Waals surface area contributed by atoms with Crippen LogP contribution in [-0.4, -0.2) is 23.4 Å². The molecule has 0 fully saturated rings. The van der Waals surface area contributed by atoms with Crippen molar-refractivity contribution in [3.05, 3.63) is 83.9 Å². The Labute approximate surface area is 138 Å². The molecule has 0 bridgehead atoms. The second-order valence-corrected chi connectivity index (χ2v) is 5.73. The number of carbonyl (C=O) groups excluding carboxylic acids is 1. The molecule has 0 unspecified atom stereocenters. The van der Waals surface area contributed by atoms with E-state index in [1.807, 2.05) is 48.5 Å². The summed E-state index contributed by atoms with van der Waals surface area (Å²) in [6, 6.07) is 17.4. The molecule has 2 N–H and O–H groups in total. The second kappa shape index (κ2) is 8.30. The van der Waals surface area contributed by atoms with Crippen molar-refractivity contribution in [3.8, 4) is 0 Å². The highest BCUT2D eigenvalue weighted by molar-refractivity contribution is 5.82. The van der Waals surface area contributed by atoms with E-state index < -0.39 is 6.04 Å². The number of hydrogen-bond acceptors (Lipinski definition) is 2. The highest BCUT2D eigenvalue weighted by Crippen LogP contribution is 2.12. The molecule has 1 amide bonds. The molecule has 0 spiro atoms. The zero-order chi connectivity index (χ0) is 16.7. The summed E-state index contributed by atoms with van der Waals surface area (Å²) in [6.45, 7) is 6.86. The molecule has 2 rings (SSSR count). The molecule has 0 saturated carbocycles. The van der Waals surface area contributed by atoms with Crippen LogP contribution in [0.4, 0.5) is 0 Å². The topological polar surface area (TPSA) is 46.3 Å². The lowest BCUT2D eigenvalue weighted by Gasteiger charge is -2.25. The molecule has 2 aromatic rings. The second-order valence-electron chi connectivity index (χ2n) is 5.73. The number of hydrogen-bond donors (Lipinski definition) is 1. The quantitative estimate of drug-likeness (QED) is 0.799. The molecule has 0 aromatic heterocycles. The Bertz CT molecular complexity index is 652. The van der Waals surface area contributed by atoms with Gasteiger partial charge in [-0.15, -0.1) is 6.58 Å². The van der Waals surface area contributed by atoms with Gasteiger partial charge < -0.3 is 10.6 Å². The van der Waals surface area contributed by atoms with Crippen molar-refractivity contribution in [2.24, 2.45) is 5.73 Å². The van der Waals surface area contributed by atoms with Crippen LogP contribution >= 0.6 is 0 Å². The van der Waals surface area contributed by atoms with Crippen LogP contribution < -0.4 is 5.73 Å². The number of carbonyl (C=O) groups is 1. The first-order valence-electron chi connectivity index (χ1n) is 7.85. The van der Waals surface area contributed by atoms with E-state index in [0.717, 1.165) is 11.1 Å². The molecule has 0 aliphatic heterocycles. The van der Waals surface area contributed by atoms with E-state index in [-0.39, 0.29) is 5.91 Å². The van der Waals surface area contributed by atoms with E-state index in [1.54, 1.807) is 11.0 Å². The molecule has 2 aromatic carbocycles. The smallest absolute Gasteiger partial charge is 0.240 e. The van der Waals surface area contributed by atoms with Crippen LogP contribution in [0.5, 0.6) is 0 Å². The summed E-state index contributed by atoms with van der Waals surface area (Å²) in [5.41, 5.74) is 9.52. The predicted molar refractivity (Wildman–Crippen MR) is 94.9 cm³/mol. The van der Waals surface area contributed by atoms with E-state index in [9.17, 15) is 4.79 Å². The Kier molecular flexibility index (Phi) is 6.12. The van der Waals surface area contributed by atoms with Crippen LogP contribution in [0.3, 0.4) is 0 Å². The number of rotatable bonds is 7. The first-order valence-corrected chi connectivity index (χ1v) is 7.85. The van der Waals surface area contributed by atoms with E-state index in [2.05, 4.69) is 19.6 Å². The predicted octanol–water partition coefficient (Wildman–Crippen LogP) is 3.08. The molecule has 0 aliphatic rings. The Morgan fingerprint density at radius 2 is 1.83 bits per heavy atom. The summed E-state index contributed by atoms with van der Waals surface area (Å²) in [5, 5.41) is 0. The molecule has 0 heterocycles. The van der Waals surface area contributed by atoms with Crippen molar-refractivity contribution >= 4 is 5.91 Å². The van der Waals surface area contributed by atoms with Crippen LogP contribution in [0.2, 0.25) is 0 Å². The van der Waals surface area contributed by atoms with E-state index >= 15 is 0 Å². The fourth-order valence-electron chi connectivity index (χ4n) is 2.57. The average molecular weight is 308 g/mol. The monoisotopic (exact) mass is 308 g/mol. The zero-order valence-electron chi connectivity index (χ0n) is 13.6. The maximum absolute atomic E-state index is 12.7. The van der Waals surface area contributed by atoms with Gasteiger partial charge >= 0.3 is 0 Å². The highest BCUT2D eigenvalue weighted by Gasteiger charge is 2.21. The lowest BCUT2D eigenvalue weighted by Crippen LogP contribution is -2.44. The molecule has 1 atom stereocenters. The van der Waals surface area contributed by atoms with Crippen molar-refractivity contribution in [1.29, 1.82) is 0 Å². The average Bonchev–Trinajstić information content (AvgIpc) is 2.56. The Morgan fingerprint density at radius 1 is 1.17 bits per heavy atom. The van der Waals surface area contributed by atoms with Crippen molar-refractivity contribution < 1.29 is 4.79 Å². The van der Waals surface area contributed by atoms with Crippen molar-refractivity contribution in [2.75, 3.05) is 6.54 Å². The van der Waals surface area contributed by atoms with Gasteiger partial charge in [0, 0.05) is 13.1 Å². The lowest BCUT2D eigenvalue weighted by molar-refractivity contribution is -0.132. The first-order chi connectivity index (χ1) is 11.1.